The molecule has 1 unspecified atom stereocenters. The minimum absolute atomic E-state index is 0.000313. The molecule has 2 rings (SSSR count). The number of benzene rings is 1. The number of rotatable bonds is 10. The maximum absolute atomic E-state index is 14.5. The maximum atomic E-state index is 14.5. The van der Waals surface area contributed by atoms with Gasteiger partial charge in [-0.25, -0.2) is 9.37 Å². The third-order valence-corrected chi connectivity index (χ3v) is 4.60. The Morgan fingerprint density at radius 3 is 2.64 bits per heavy atom. The Hall–Kier alpha value is -2.96. The molecule has 1 aromatic heterocycles. The van der Waals surface area contributed by atoms with Crippen LogP contribution in [0.4, 0.5) is 21.7 Å². The van der Waals surface area contributed by atoms with Gasteiger partial charge in [-0.3, -0.25) is 4.79 Å². The number of amides is 1. The van der Waals surface area contributed by atoms with Crippen molar-refractivity contribution in [3.05, 3.63) is 47.3 Å². The molecular formula is C21H28FN5O. The minimum Gasteiger partial charge on any atom is -0.367 e. The standard InChI is InChI=1S/C21H28FN5O/c1-4-7-15(13(3)23)12-25-21-18(22)11-17(19(24)28)20(27-21)26-16-9-6-8-14(5-2)10-16/h6,8-11,15,23H,4-5,7,12H2,1-3H3,(H2,24,28)(H2,25,26,27). The number of aryl methyl sites for hydroxylation is 1. The van der Waals surface area contributed by atoms with E-state index in [1.165, 1.54) is 0 Å². The topological polar surface area (TPSA) is 104 Å². The van der Waals surface area contributed by atoms with Crippen LogP contribution < -0.4 is 16.4 Å². The van der Waals surface area contributed by atoms with Crippen molar-refractivity contribution in [3.8, 4) is 0 Å². The fourth-order valence-corrected chi connectivity index (χ4v) is 2.94. The van der Waals surface area contributed by atoms with Crippen LogP contribution in [0, 0.1) is 17.1 Å². The lowest BCUT2D eigenvalue weighted by atomic mass is 9.99. The van der Waals surface area contributed by atoms with Gasteiger partial charge in [0.15, 0.2) is 11.6 Å². The quantitative estimate of drug-likeness (QED) is 0.452. The second-order valence-electron chi connectivity index (χ2n) is 6.81. The molecule has 0 aliphatic rings. The first-order valence-electron chi connectivity index (χ1n) is 9.50. The van der Waals surface area contributed by atoms with Gasteiger partial charge in [-0.1, -0.05) is 32.4 Å². The average Bonchev–Trinajstić information content (AvgIpc) is 2.66. The van der Waals surface area contributed by atoms with Crippen molar-refractivity contribution in [3.63, 3.8) is 0 Å². The van der Waals surface area contributed by atoms with Crippen LogP contribution in [0.1, 0.15) is 49.5 Å². The van der Waals surface area contributed by atoms with Crippen LogP contribution in [0.3, 0.4) is 0 Å². The summed E-state index contributed by atoms with van der Waals surface area (Å²) in [5, 5.41) is 13.9. The van der Waals surface area contributed by atoms with E-state index in [9.17, 15) is 9.18 Å². The second-order valence-corrected chi connectivity index (χ2v) is 6.81. The highest BCUT2D eigenvalue weighted by molar-refractivity contribution is 5.98. The van der Waals surface area contributed by atoms with E-state index in [1.54, 1.807) is 6.92 Å². The van der Waals surface area contributed by atoms with Gasteiger partial charge in [0, 0.05) is 23.9 Å². The molecule has 0 aliphatic carbocycles. The summed E-state index contributed by atoms with van der Waals surface area (Å²) in [6.45, 7) is 6.23. The molecule has 1 heterocycles. The molecule has 2 aromatic rings. The van der Waals surface area contributed by atoms with Crippen LogP contribution in [0.2, 0.25) is 0 Å². The number of carbonyl (C=O) groups is 1. The van der Waals surface area contributed by atoms with Gasteiger partial charge >= 0.3 is 0 Å². The Morgan fingerprint density at radius 2 is 2.04 bits per heavy atom. The number of nitrogens with two attached hydrogens (primary N) is 1. The molecule has 150 valence electrons. The molecule has 1 atom stereocenters. The van der Waals surface area contributed by atoms with Crippen LogP contribution >= 0.6 is 0 Å². The molecule has 1 aromatic carbocycles. The van der Waals surface area contributed by atoms with E-state index in [-0.39, 0.29) is 23.1 Å². The van der Waals surface area contributed by atoms with Gasteiger partial charge in [-0.2, -0.15) is 0 Å². The van der Waals surface area contributed by atoms with E-state index in [2.05, 4.69) is 15.6 Å². The molecule has 0 aliphatic heterocycles. The zero-order valence-electron chi connectivity index (χ0n) is 16.6. The highest BCUT2D eigenvalue weighted by Crippen LogP contribution is 2.25. The Morgan fingerprint density at radius 1 is 1.29 bits per heavy atom. The highest BCUT2D eigenvalue weighted by atomic mass is 19.1. The van der Waals surface area contributed by atoms with Crippen LogP contribution in [0.25, 0.3) is 0 Å². The molecule has 0 bridgehead atoms. The monoisotopic (exact) mass is 385 g/mol. The fraction of sp³-hybridized carbons (Fsp3) is 0.381. The van der Waals surface area contributed by atoms with Crippen molar-refractivity contribution in [2.75, 3.05) is 17.2 Å². The van der Waals surface area contributed by atoms with Gasteiger partial charge in [-0.05, 0) is 43.5 Å². The summed E-state index contributed by atoms with van der Waals surface area (Å²) in [5.74, 6) is -1.18. The van der Waals surface area contributed by atoms with E-state index >= 15 is 0 Å². The van der Waals surface area contributed by atoms with Gasteiger partial charge in [-0.15, -0.1) is 0 Å². The number of nitrogens with one attached hydrogen (secondary N) is 3. The van der Waals surface area contributed by atoms with Gasteiger partial charge in [0.1, 0.15) is 5.82 Å². The van der Waals surface area contributed by atoms with Crippen LogP contribution in [-0.4, -0.2) is 23.1 Å². The number of aromatic nitrogens is 1. The van der Waals surface area contributed by atoms with Crippen molar-refractivity contribution in [2.45, 2.75) is 40.0 Å². The van der Waals surface area contributed by atoms with Crippen molar-refractivity contribution in [2.24, 2.45) is 11.7 Å². The Bertz CT molecular complexity index is 853. The number of primary amides is 1. The highest BCUT2D eigenvalue weighted by Gasteiger charge is 2.18. The zero-order valence-corrected chi connectivity index (χ0v) is 16.6. The molecule has 28 heavy (non-hydrogen) atoms. The molecule has 7 heteroatoms. The van der Waals surface area contributed by atoms with Crippen LogP contribution in [0.15, 0.2) is 30.3 Å². The summed E-state index contributed by atoms with van der Waals surface area (Å²) in [6, 6.07) is 8.78. The molecule has 0 radical (unpaired) electrons. The third kappa shape index (κ3) is 5.52. The first-order valence-corrected chi connectivity index (χ1v) is 9.50. The maximum Gasteiger partial charge on any atom is 0.252 e. The van der Waals surface area contributed by atoms with E-state index in [0.29, 0.717) is 12.3 Å². The van der Waals surface area contributed by atoms with Crippen molar-refractivity contribution in [1.82, 2.24) is 4.98 Å². The van der Waals surface area contributed by atoms with Crippen LogP contribution in [0.5, 0.6) is 0 Å². The van der Waals surface area contributed by atoms with Gasteiger partial charge in [0.2, 0.25) is 0 Å². The number of hydrogen-bond donors (Lipinski definition) is 4. The lowest BCUT2D eigenvalue weighted by Crippen LogP contribution is -2.22. The molecule has 1 amide bonds. The smallest absolute Gasteiger partial charge is 0.252 e. The summed E-state index contributed by atoms with van der Waals surface area (Å²) >= 11 is 0. The largest absolute Gasteiger partial charge is 0.367 e. The Labute approximate surface area is 165 Å². The molecular weight excluding hydrogens is 357 g/mol. The fourth-order valence-electron chi connectivity index (χ4n) is 2.94. The second kappa shape index (κ2) is 9.82. The first-order chi connectivity index (χ1) is 13.3. The SMILES string of the molecule is CCCC(CNc1nc(Nc2cccc(CC)c2)c(C(N)=O)cc1F)C(C)=N. The Balaban J connectivity index is 2.31. The molecule has 0 fully saturated rings. The molecule has 5 N–H and O–H groups in total. The van der Waals surface area contributed by atoms with E-state index < -0.39 is 11.7 Å². The van der Waals surface area contributed by atoms with E-state index in [4.69, 9.17) is 11.1 Å². The number of carbonyl (C=O) groups excluding carboxylic acids is 1. The summed E-state index contributed by atoms with van der Waals surface area (Å²) in [4.78, 5) is 16.0. The third-order valence-electron chi connectivity index (χ3n) is 4.60. The lowest BCUT2D eigenvalue weighted by molar-refractivity contribution is 0.100. The number of halogens is 1. The van der Waals surface area contributed by atoms with Gasteiger partial charge in [0.05, 0.1) is 5.56 Å². The predicted octanol–water partition coefficient (Wildman–Crippen LogP) is 4.49. The molecule has 0 saturated carbocycles. The lowest BCUT2D eigenvalue weighted by Gasteiger charge is -2.18. The van der Waals surface area contributed by atoms with Crippen molar-refractivity contribution < 1.29 is 9.18 Å². The normalized spacial score (nSPS) is 11.7. The minimum atomic E-state index is -0.758. The summed E-state index contributed by atoms with van der Waals surface area (Å²) < 4.78 is 14.5. The predicted molar refractivity (Wildman–Crippen MR) is 112 cm³/mol. The van der Waals surface area contributed by atoms with Crippen molar-refractivity contribution in [1.29, 1.82) is 5.41 Å². The average molecular weight is 385 g/mol. The summed E-state index contributed by atoms with van der Waals surface area (Å²) in [6.07, 6.45) is 2.63. The number of hydrogen-bond acceptors (Lipinski definition) is 5. The number of pyridine rings is 1. The van der Waals surface area contributed by atoms with Gasteiger partial charge in [0.25, 0.3) is 5.91 Å². The van der Waals surface area contributed by atoms with E-state index in [0.717, 1.165) is 36.6 Å². The molecule has 0 saturated heterocycles. The van der Waals surface area contributed by atoms with E-state index in [1.807, 2.05) is 38.1 Å². The molecule has 6 nitrogen and oxygen atoms in total. The molecule has 0 spiro atoms. The number of anilines is 3. The zero-order chi connectivity index (χ0) is 20.7. The Kier molecular flexibility index (Phi) is 7.49. The van der Waals surface area contributed by atoms with Gasteiger partial charge < -0.3 is 21.8 Å². The summed E-state index contributed by atoms with van der Waals surface area (Å²) in [5.41, 5.74) is 7.80. The van der Waals surface area contributed by atoms with Crippen LogP contribution in [-0.2, 0) is 6.42 Å². The van der Waals surface area contributed by atoms with Crippen molar-refractivity contribution >= 4 is 28.9 Å². The number of nitrogens with zero attached hydrogens (tertiary/aromatic N) is 1. The first kappa shape index (κ1) is 21.3. The summed E-state index contributed by atoms with van der Waals surface area (Å²) in [7, 11) is 0.